The summed E-state index contributed by atoms with van der Waals surface area (Å²) in [5.74, 6) is 1.82. The quantitative estimate of drug-likeness (QED) is 0.662. The maximum Gasteiger partial charge on any atom is 0.256 e. The fourth-order valence-electron chi connectivity index (χ4n) is 3.90. The number of nitrogens with zero attached hydrogens (tertiary/aromatic N) is 4. The molecule has 29 heavy (non-hydrogen) atoms. The molecule has 0 spiro atoms. The van der Waals surface area contributed by atoms with Crippen molar-refractivity contribution in [2.45, 2.75) is 39.3 Å². The van der Waals surface area contributed by atoms with Crippen LogP contribution < -0.4 is 4.74 Å². The van der Waals surface area contributed by atoms with E-state index in [1.807, 2.05) is 42.3 Å². The Morgan fingerprint density at radius 2 is 1.90 bits per heavy atom. The van der Waals surface area contributed by atoms with Crippen LogP contribution in [0.15, 0.2) is 48.8 Å². The Bertz CT molecular complexity index is 993. The number of amides is 1. The number of likely N-dealkylation sites (tertiary alicyclic amines) is 1. The van der Waals surface area contributed by atoms with Crippen LogP contribution in [0.2, 0.25) is 0 Å². The highest BCUT2D eigenvalue weighted by Gasteiger charge is 2.34. The van der Waals surface area contributed by atoms with Crippen LogP contribution in [0.3, 0.4) is 0 Å². The second-order valence-electron chi connectivity index (χ2n) is 7.54. The van der Waals surface area contributed by atoms with E-state index in [0.29, 0.717) is 5.56 Å². The zero-order chi connectivity index (χ0) is 20.4. The summed E-state index contributed by atoms with van der Waals surface area (Å²) in [6.45, 7) is 5.44. The molecule has 1 fully saturated rings. The van der Waals surface area contributed by atoms with Crippen molar-refractivity contribution in [3.63, 3.8) is 0 Å². The lowest BCUT2D eigenvalue weighted by molar-refractivity contribution is 0.0727. The lowest BCUT2D eigenvalue weighted by Crippen LogP contribution is -2.32. The van der Waals surface area contributed by atoms with E-state index in [1.54, 1.807) is 13.3 Å². The average molecular weight is 390 g/mol. The first-order valence-electron chi connectivity index (χ1n) is 9.95. The molecule has 1 unspecified atom stereocenters. The van der Waals surface area contributed by atoms with Gasteiger partial charge in [0.2, 0.25) is 0 Å². The molecule has 1 amide bonds. The van der Waals surface area contributed by atoms with E-state index in [4.69, 9.17) is 9.72 Å². The van der Waals surface area contributed by atoms with Gasteiger partial charge in [0.25, 0.3) is 5.91 Å². The van der Waals surface area contributed by atoms with Gasteiger partial charge in [0.05, 0.1) is 18.7 Å². The minimum absolute atomic E-state index is 0.0178. The summed E-state index contributed by atoms with van der Waals surface area (Å²) in [5, 5.41) is 0. The lowest BCUT2D eigenvalue weighted by Gasteiger charge is -2.25. The topological polar surface area (TPSA) is 60.2 Å². The Morgan fingerprint density at radius 1 is 1.10 bits per heavy atom. The number of aryl methyl sites for hydroxylation is 2. The number of ether oxygens (including phenoxy) is 1. The van der Waals surface area contributed by atoms with Crippen molar-refractivity contribution in [2.75, 3.05) is 13.7 Å². The van der Waals surface area contributed by atoms with Crippen molar-refractivity contribution in [3.05, 3.63) is 77.1 Å². The molecule has 1 saturated heterocycles. The minimum atomic E-state index is -0.0178. The third-order valence-electron chi connectivity index (χ3n) is 5.56. The van der Waals surface area contributed by atoms with Gasteiger partial charge in [0.15, 0.2) is 0 Å². The monoisotopic (exact) mass is 390 g/mol. The number of hydrogen-bond acceptors (Lipinski definition) is 4. The van der Waals surface area contributed by atoms with Gasteiger partial charge in [-0.25, -0.2) is 4.98 Å². The second kappa shape index (κ2) is 8.07. The smallest absolute Gasteiger partial charge is 0.256 e. The molecule has 1 aromatic carbocycles. The molecule has 6 heteroatoms. The van der Waals surface area contributed by atoms with Crippen LogP contribution in [0, 0.1) is 13.8 Å². The Labute approximate surface area is 171 Å². The number of carbonyl (C=O) groups excluding carboxylic acids is 1. The summed E-state index contributed by atoms with van der Waals surface area (Å²) in [7, 11) is 1.67. The molecule has 150 valence electrons. The van der Waals surface area contributed by atoms with Crippen molar-refractivity contribution in [1.29, 1.82) is 0 Å². The summed E-state index contributed by atoms with van der Waals surface area (Å²) in [6.07, 6.45) is 5.46. The molecule has 2 aromatic heterocycles. The third kappa shape index (κ3) is 3.88. The standard InChI is InChI=1S/C23H26N4O2/c1-16-6-9-19(14-24-16)23(28)26-12-4-5-21(26)22-25-13-17(2)27(22)15-18-7-10-20(29-3)11-8-18/h6-11,13-14,21H,4-5,12,15H2,1-3H3. The van der Waals surface area contributed by atoms with Crippen molar-refractivity contribution < 1.29 is 9.53 Å². The van der Waals surface area contributed by atoms with Crippen molar-refractivity contribution >= 4 is 5.91 Å². The molecule has 6 nitrogen and oxygen atoms in total. The molecule has 0 saturated carbocycles. The van der Waals surface area contributed by atoms with Crippen LogP contribution in [-0.4, -0.2) is 39.0 Å². The SMILES string of the molecule is COc1ccc(Cn2c(C)cnc2C2CCCN2C(=O)c2ccc(C)nc2)cc1. The first kappa shape index (κ1) is 19.2. The number of rotatable bonds is 5. The number of aromatic nitrogens is 3. The highest BCUT2D eigenvalue weighted by molar-refractivity contribution is 5.94. The number of imidazole rings is 1. The molecular weight excluding hydrogens is 364 g/mol. The van der Waals surface area contributed by atoms with Gasteiger partial charge in [-0.15, -0.1) is 0 Å². The van der Waals surface area contributed by atoms with Crippen LogP contribution in [0.5, 0.6) is 5.75 Å². The van der Waals surface area contributed by atoms with Gasteiger partial charge in [0, 0.05) is 36.9 Å². The molecule has 0 radical (unpaired) electrons. The first-order chi connectivity index (χ1) is 14.1. The fourth-order valence-corrected chi connectivity index (χ4v) is 3.90. The molecule has 1 aliphatic rings. The zero-order valence-electron chi connectivity index (χ0n) is 17.1. The van der Waals surface area contributed by atoms with Gasteiger partial charge in [-0.3, -0.25) is 9.78 Å². The average Bonchev–Trinajstić information content (AvgIpc) is 3.36. The fraction of sp³-hybridized carbons (Fsp3) is 0.348. The molecule has 0 N–H and O–H groups in total. The van der Waals surface area contributed by atoms with Crippen molar-refractivity contribution in [2.24, 2.45) is 0 Å². The van der Waals surface area contributed by atoms with E-state index in [1.165, 1.54) is 5.56 Å². The molecule has 4 rings (SSSR count). The summed E-state index contributed by atoms with van der Waals surface area (Å²) >= 11 is 0. The van der Waals surface area contributed by atoms with Gasteiger partial charge < -0.3 is 14.2 Å². The van der Waals surface area contributed by atoms with E-state index in [0.717, 1.165) is 48.9 Å². The molecule has 0 bridgehead atoms. The van der Waals surface area contributed by atoms with Crippen molar-refractivity contribution in [1.82, 2.24) is 19.4 Å². The normalized spacial score (nSPS) is 16.2. The van der Waals surface area contributed by atoms with Crippen LogP contribution in [0.4, 0.5) is 0 Å². The maximum absolute atomic E-state index is 13.1. The maximum atomic E-state index is 13.1. The van der Waals surface area contributed by atoms with Crippen LogP contribution in [0.1, 0.15) is 52.0 Å². The highest BCUT2D eigenvalue weighted by atomic mass is 16.5. The van der Waals surface area contributed by atoms with Crippen LogP contribution >= 0.6 is 0 Å². The molecule has 3 aromatic rings. The molecule has 3 heterocycles. The number of methoxy groups -OCH3 is 1. The number of hydrogen-bond donors (Lipinski definition) is 0. The molecule has 0 aliphatic carbocycles. The van der Waals surface area contributed by atoms with E-state index in [9.17, 15) is 4.79 Å². The van der Waals surface area contributed by atoms with Crippen molar-refractivity contribution in [3.8, 4) is 5.75 Å². The highest BCUT2D eigenvalue weighted by Crippen LogP contribution is 2.33. The Hall–Kier alpha value is -3.15. The number of carbonyl (C=O) groups is 1. The summed E-state index contributed by atoms with van der Waals surface area (Å²) < 4.78 is 7.47. The van der Waals surface area contributed by atoms with E-state index < -0.39 is 0 Å². The van der Waals surface area contributed by atoms with E-state index in [2.05, 4.69) is 28.6 Å². The minimum Gasteiger partial charge on any atom is -0.497 e. The molecular formula is C23H26N4O2. The summed E-state index contributed by atoms with van der Waals surface area (Å²) in [5.41, 5.74) is 3.80. The largest absolute Gasteiger partial charge is 0.497 e. The predicted molar refractivity (Wildman–Crippen MR) is 111 cm³/mol. The number of pyridine rings is 1. The summed E-state index contributed by atoms with van der Waals surface area (Å²) in [4.78, 5) is 24.0. The van der Waals surface area contributed by atoms with E-state index in [-0.39, 0.29) is 11.9 Å². The van der Waals surface area contributed by atoms with Gasteiger partial charge >= 0.3 is 0 Å². The first-order valence-corrected chi connectivity index (χ1v) is 9.95. The van der Waals surface area contributed by atoms with Gasteiger partial charge in [-0.2, -0.15) is 0 Å². The van der Waals surface area contributed by atoms with Crippen LogP contribution in [0.25, 0.3) is 0 Å². The van der Waals surface area contributed by atoms with Gasteiger partial charge in [-0.05, 0) is 56.5 Å². The predicted octanol–water partition coefficient (Wildman–Crippen LogP) is 3.93. The Morgan fingerprint density at radius 3 is 2.59 bits per heavy atom. The second-order valence-corrected chi connectivity index (χ2v) is 7.54. The van der Waals surface area contributed by atoms with E-state index >= 15 is 0 Å². The Kier molecular flexibility index (Phi) is 5.34. The number of benzene rings is 1. The Balaban J connectivity index is 1.60. The zero-order valence-corrected chi connectivity index (χ0v) is 17.1. The van der Waals surface area contributed by atoms with Crippen LogP contribution in [-0.2, 0) is 6.54 Å². The summed E-state index contributed by atoms with van der Waals surface area (Å²) in [6, 6.07) is 11.8. The van der Waals surface area contributed by atoms with Gasteiger partial charge in [-0.1, -0.05) is 12.1 Å². The molecule has 1 atom stereocenters. The van der Waals surface area contributed by atoms with Gasteiger partial charge in [0.1, 0.15) is 11.6 Å². The lowest BCUT2D eigenvalue weighted by atomic mass is 10.1. The third-order valence-corrected chi connectivity index (χ3v) is 5.56. The molecule has 1 aliphatic heterocycles.